The third-order valence-corrected chi connectivity index (χ3v) is 3.65. The van der Waals surface area contributed by atoms with Gasteiger partial charge in [-0.1, -0.05) is 30.3 Å². The lowest BCUT2D eigenvalue weighted by molar-refractivity contribution is -0.136. The molecule has 0 saturated heterocycles. The van der Waals surface area contributed by atoms with Gasteiger partial charge in [-0.05, 0) is 18.2 Å². The van der Waals surface area contributed by atoms with Crippen molar-refractivity contribution in [3.8, 4) is 0 Å². The van der Waals surface area contributed by atoms with Crippen molar-refractivity contribution in [3.05, 3.63) is 77.7 Å². The molecule has 9 heteroatoms. The molecular formula is C18H14F4N4O. The number of benzene rings is 2. The van der Waals surface area contributed by atoms with E-state index in [4.69, 9.17) is 0 Å². The zero-order valence-corrected chi connectivity index (χ0v) is 13.8. The molecule has 140 valence electrons. The van der Waals surface area contributed by atoms with Crippen LogP contribution in [0, 0.1) is 5.82 Å². The van der Waals surface area contributed by atoms with E-state index in [1.807, 2.05) is 0 Å². The number of carbonyl (C=O) groups excluding carboxylic acids is 1. The van der Waals surface area contributed by atoms with Crippen molar-refractivity contribution < 1.29 is 22.4 Å². The van der Waals surface area contributed by atoms with E-state index in [1.165, 1.54) is 35.1 Å². The van der Waals surface area contributed by atoms with Crippen LogP contribution in [0.5, 0.6) is 0 Å². The average molecular weight is 378 g/mol. The maximum atomic E-state index is 13.7. The van der Waals surface area contributed by atoms with Crippen LogP contribution in [0.25, 0.3) is 0 Å². The van der Waals surface area contributed by atoms with Crippen molar-refractivity contribution in [3.63, 3.8) is 0 Å². The first-order valence-electron chi connectivity index (χ1n) is 7.84. The molecule has 0 atom stereocenters. The molecular weight excluding hydrogens is 364 g/mol. The Balaban J connectivity index is 1.66. The predicted molar refractivity (Wildman–Crippen MR) is 91.8 cm³/mol. The Morgan fingerprint density at radius 2 is 1.70 bits per heavy atom. The summed E-state index contributed by atoms with van der Waals surface area (Å²) in [6.07, 6.45) is -3.07. The predicted octanol–water partition coefficient (Wildman–Crippen LogP) is 4.73. The molecule has 0 bridgehead atoms. The fraction of sp³-hybridized carbons (Fsp3) is 0.111. The second-order valence-electron chi connectivity index (χ2n) is 5.61. The van der Waals surface area contributed by atoms with Crippen LogP contribution in [0.3, 0.4) is 0 Å². The Morgan fingerprint density at radius 1 is 1.00 bits per heavy atom. The third kappa shape index (κ3) is 4.63. The number of aromatic nitrogens is 2. The molecule has 0 saturated carbocycles. The molecule has 0 fully saturated rings. The van der Waals surface area contributed by atoms with Gasteiger partial charge in [0.1, 0.15) is 5.82 Å². The van der Waals surface area contributed by atoms with Gasteiger partial charge in [-0.3, -0.25) is 10.00 Å². The minimum absolute atomic E-state index is 0.119. The molecule has 5 nitrogen and oxygen atoms in total. The summed E-state index contributed by atoms with van der Waals surface area (Å²) >= 11 is 0. The third-order valence-electron chi connectivity index (χ3n) is 3.65. The molecule has 0 spiro atoms. The number of alkyl halides is 3. The fourth-order valence-electron chi connectivity index (χ4n) is 2.43. The highest BCUT2D eigenvalue weighted by atomic mass is 19.4. The lowest BCUT2D eigenvalue weighted by Crippen LogP contribution is -2.22. The van der Waals surface area contributed by atoms with Crippen LogP contribution < -0.4 is 10.6 Å². The minimum Gasteiger partial charge on any atom is -0.307 e. The van der Waals surface area contributed by atoms with E-state index in [2.05, 4.69) is 15.7 Å². The van der Waals surface area contributed by atoms with Gasteiger partial charge in [-0.15, -0.1) is 0 Å². The number of urea groups is 1. The smallest absolute Gasteiger partial charge is 0.307 e. The van der Waals surface area contributed by atoms with Crippen LogP contribution in [-0.4, -0.2) is 15.8 Å². The zero-order valence-electron chi connectivity index (χ0n) is 13.8. The summed E-state index contributed by atoms with van der Waals surface area (Å²) in [4.78, 5) is 12.0. The van der Waals surface area contributed by atoms with Crippen molar-refractivity contribution >= 4 is 17.5 Å². The Bertz CT molecular complexity index is 952. The van der Waals surface area contributed by atoms with Crippen LogP contribution in [0.1, 0.15) is 11.1 Å². The van der Waals surface area contributed by atoms with Crippen molar-refractivity contribution in [2.45, 2.75) is 12.7 Å². The molecule has 0 unspecified atom stereocenters. The lowest BCUT2D eigenvalue weighted by atomic mass is 10.1. The minimum atomic E-state index is -4.59. The molecule has 2 aromatic carbocycles. The molecule has 1 heterocycles. The van der Waals surface area contributed by atoms with Crippen molar-refractivity contribution in [1.82, 2.24) is 9.78 Å². The quantitative estimate of drug-likeness (QED) is 0.645. The number of nitrogens with zero attached hydrogens (tertiary/aromatic N) is 2. The van der Waals surface area contributed by atoms with Crippen molar-refractivity contribution in [1.29, 1.82) is 0 Å². The molecule has 27 heavy (non-hydrogen) atoms. The number of anilines is 2. The number of rotatable bonds is 4. The summed E-state index contributed by atoms with van der Waals surface area (Å²) in [7, 11) is 0. The molecule has 0 radical (unpaired) electrons. The second kappa shape index (κ2) is 7.48. The summed E-state index contributed by atoms with van der Waals surface area (Å²) in [5.74, 6) is -0.266. The van der Waals surface area contributed by atoms with E-state index in [0.29, 0.717) is 5.56 Å². The van der Waals surface area contributed by atoms with E-state index >= 15 is 0 Å². The van der Waals surface area contributed by atoms with Gasteiger partial charge in [-0.2, -0.15) is 18.3 Å². The zero-order chi connectivity index (χ0) is 19.4. The topological polar surface area (TPSA) is 59.0 Å². The SMILES string of the molecule is O=C(Nc1ccn(Cc2ccccc2F)n1)Nc1ccccc1C(F)(F)F. The second-order valence-corrected chi connectivity index (χ2v) is 5.61. The van der Waals surface area contributed by atoms with Gasteiger partial charge in [0.2, 0.25) is 0 Å². The molecule has 0 aliphatic carbocycles. The molecule has 1 aromatic heterocycles. The van der Waals surface area contributed by atoms with Gasteiger partial charge in [-0.25, -0.2) is 9.18 Å². The summed E-state index contributed by atoms with van der Waals surface area (Å²) < 4.78 is 53.9. The average Bonchev–Trinajstić information content (AvgIpc) is 3.03. The first kappa shape index (κ1) is 18.4. The highest BCUT2D eigenvalue weighted by molar-refractivity contribution is 5.99. The van der Waals surface area contributed by atoms with Crippen LogP contribution in [0.2, 0.25) is 0 Å². The largest absolute Gasteiger partial charge is 0.418 e. The summed E-state index contributed by atoms with van der Waals surface area (Å²) in [6, 6.07) is 11.4. The molecule has 3 rings (SSSR count). The van der Waals surface area contributed by atoms with E-state index in [-0.39, 0.29) is 23.9 Å². The van der Waals surface area contributed by atoms with Gasteiger partial charge in [0.05, 0.1) is 17.8 Å². The molecule has 2 amide bonds. The summed E-state index contributed by atoms with van der Waals surface area (Å²) in [6.45, 7) is 0.146. The first-order valence-corrected chi connectivity index (χ1v) is 7.84. The number of hydrogen-bond donors (Lipinski definition) is 2. The first-order chi connectivity index (χ1) is 12.8. The molecule has 2 N–H and O–H groups in total. The van der Waals surface area contributed by atoms with Gasteiger partial charge in [0.25, 0.3) is 0 Å². The van der Waals surface area contributed by atoms with Gasteiger partial charge < -0.3 is 5.32 Å². The standard InChI is InChI=1S/C18H14F4N4O/c19-14-7-3-1-5-12(14)11-26-10-9-16(25-26)24-17(27)23-15-8-4-2-6-13(15)18(20,21)22/h1-10H,11H2,(H2,23,24,25,27). The Labute approximate surface area is 151 Å². The Hall–Kier alpha value is -3.36. The number of hydrogen-bond acceptors (Lipinski definition) is 2. The fourth-order valence-corrected chi connectivity index (χ4v) is 2.43. The van der Waals surface area contributed by atoms with Gasteiger partial charge >= 0.3 is 12.2 Å². The van der Waals surface area contributed by atoms with E-state index in [0.717, 1.165) is 12.1 Å². The number of para-hydroxylation sites is 1. The van der Waals surface area contributed by atoms with Gasteiger partial charge in [0.15, 0.2) is 5.82 Å². The Kier molecular flexibility index (Phi) is 5.11. The maximum absolute atomic E-state index is 13.7. The van der Waals surface area contributed by atoms with E-state index in [9.17, 15) is 22.4 Å². The highest BCUT2D eigenvalue weighted by Crippen LogP contribution is 2.34. The number of amides is 2. The monoisotopic (exact) mass is 378 g/mol. The highest BCUT2D eigenvalue weighted by Gasteiger charge is 2.33. The Morgan fingerprint density at radius 3 is 2.44 bits per heavy atom. The van der Waals surface area contributed by atoms with Crippen molar-refractivity contribution in [2.24, 2.45) is 0 Å². The van der Waals surface area contributed by atoms with Crippen LogP contribution in [0.4, 0.5) is 33.9 Å². The van der Waals surface area contributed by atoms with E-state index < -0.39 is 17.8 Å². The van der Waals surface area contributed by atoms with Crippen LogP contribution in [0.15, 0.2) is 60.8 Å². The molecule has 3 aromatic rings. The number of nitrogens with one attached hydrogen (secondary N) is 2. The van der Waals surface area contributed by atoms with Gasteiger partial charge in [0, 0.05) is 17.8 Å². The lowest BCUT2D eigenvalue weighted by Gasteiger charge is -2.13. The maximum Gasteiger partial charge on any atom is 0.418 e. The van der Waals surface area contributed by atoms with Crippen molar-refractivity contribution in [2.75, 3.05) is 10.6 Å². The summed E-state index contributed by atoms with van der Waals surface area (Å²) in [5, 5.41) is 8.56. The van der Waals surface area contributed by atoms with E-state index in [1.54, 1.807) is 18.2 Å². The molecule has 0 aliphatic heterocycles. The van der Waals surface area contributed by atoms with Crippen LogP contribution >= 0.6 is 0 Å². The van der Waals surface area contributed by atoms with Crippen LogP contribution in [-0.2, 0) is 12.7 Å². The number of carbonyl (C=O) groups is 1. The summed E-state index contributed by atoms with van der Waals surface area (Å²) in [5.41, 5.74) is -0.908. The normalized spacial score (nSPS) is 11.3. The number of halogens is 4. The molecule has 0 aliphatic rings.